The quantitative estimate of drug-likeness (QED) is 0.179. The van der Waals surface area contributed by atoms with Crippen LogP contribution in [0.4, 0.5) is 10.2 Å². The monoisotopic (exact) mass is 473 g/mol. The molecule has 0 amide bonds. The highest BCUT2D eigenvalue weighted by Gasteiger charge is 2.24. The second kappa shape index (κ2) is 11.3. The number of sulfonamides is 1. The summed E-state index contributed by atoms with van der Waals surface area (Å²) in [7, 11) is -4.29. The molecule has 0 heterocycles. The second-order valence-corrected chi connectivity index (χ2v) is 10.7. The first-order valence-corrected chi connectivity index (χ1v) is 12.4. The van der Waals surface area contributed by atoms with Gasteiger partial charge in [-0.3, -0.25) is 4.79 Å². The molecule has 7 heteroatoms. The summed E-state index contributed by atoms with van der Waals surface area (Å²) < 4.78 is 45.1. The number of benzene rings is 2. The molecule has 0 radical (unpaired) electrons. The van der Waals surface area contributed by atoms with E-state index in [1.54, 1.807) is 57.2 Å². The van der Waals surface area contributed by atoms with Crippen molar-refractivity contribution in [1.82, 2.24) is 0 Å². The van der Waals surface area contributed by atoms with Crippen LogP contribution in [0.15, 0.2) is 67.8 Å². The number of anilines is 1. The Labute approximate surface area is 196 Å². The van der Waals surface area contributed by atoms with Crippen molar-refractivity contribution in [3.8, 4) is 0 Å². The molecule has 0 aromatic heterocycles. The predicted octanol–water partition coefficient (Wildman–Crippen LogP) is 5.81. The molecule has 5 nitrogen and oxygen atoms in total. The summed E-state index contributed by atoms with van der Waals surface area (Å²) in [6.07, 6.45) is 4.49. The van der Waals surface area contributed by atoms with Gasteiger partial charge in [0.25, 0.3) is 10.0 Å². The van der Waals surface area contributed by atoms with Gasteiger partial charge in [-0.25, -0.2) is 8.42 Å². The van der Waals surface area contributed by atoms with Crippen LogP contribution in [0.25, 0.3) is 5.57 Å². The first kappa shape index (κ1) is 26.3. The summed E-state index contributed by atoms with van der Waals surface area (Å²) in [4.78, 5) is 12.1. The van der Waals surface area contributed by atoms with Crippen molar-refractivity contribution in [2.45, 2.75) is 52.1 Å². The van der Waals surface area contributed by atoms with E-state index in [0.29, 0.717) is 11.1 Å². The molecule has 2 aromatic rings. The molecule has 0 atom stereocenters. The fourth-order valence-corrected chi connectivity index (χ4v) is 4.36. The third-order valence-corrected chi connectivity index (χ3v) is 6.13. The molecule has 0 aliphatic carbocycles. The smallest absolute Gasteiger partial charge is 0.310 e. The van der Waals surface area contributed by atoms with Gasteiger partial charge in [-0.2, -0.15) is 0 Å². The Morgan fingerprint density at radius 2 is 1.79 bits per heavy atom. The number of unbranched alkanes of at least 4 members (excludes halogenated alkanes) is 1. The largest absolute Gasteiger partial charge is 0.460 e. The van der Waals surface area contributed by atoms with Gasteiger partial charge in [0.1, 0.15) is 5.60 Å². The lowest BCUT2D eigenvalue weighted by Crippen LogP contribution is -2.26. The molecule has 0 N–H and O–H groups in total. The van der Waals surface area contributed by atoms with Crippen LogP contribution in [0.1, 0.15) is 50.3 Å². The summed E-state index contributed by atoms with van der Waals surface area (Å²) in [5.41, 5.74) is 1.74. The van der Waals surface area contributed by atoms with E-state index in [-0.39, 0.29) is 28.2 Å². The van der Waals surface area contributed by atoms with Crippen LogP contribution in [-0.2, 0) is 32.4 Å². The number of carbonyl (C=O) groups excluding carboxylic acids is 1. The molecule has 0 unspecified atom stereocenters. The summed E-state index contributed by atoms with van der Waals surface area (Å²) in [5, 5.41) is 0. The molecule has 2 aromatic carbocycles. The Balaban J connectivity index is 2.06. The number of carbonyl (C=O) groups is 1. The van der Waals surface area contributed by atoms with Gasteiger partial charge >= 0.3 is 5.97 Å². The van der Waals surface area contributed by atoms with Crippen LogP contribution in [0.5, 0.6) is 0 Å². The number of hydrogen-bond acceptors (Lipinski definition) is 4. The van der Waals surface area contributed by atoms with Crippen molar-refractivity contribution in [2.24, 2.45) is 0 Å². The molecule has 0 saturated heterocycles. The van der Waals surface area contributed by atoms with Crippen molar-refractivity contribution in [2.75, 3.05) is 10.3 Å². The van der Waals surface area contributed by atoms with E-state index in [0.717, 1.165) is 24.8 Å². The molecule has 0 fully saturated rings. The minimum Gasteiger partial charge on any atom is -0.460 e. The van der Waals surface area contributed by atoms with Gasteiger partial charge in [0.15, 0.2) is 0 Å². The fraction of sp³-hybridized carbons (Fsp3) is 0.346. The SMILES string of the molecule is C=CCCCc1ccc(N(F)S(=O)(=O)CC(=C)c2cccc(CC(=O)OC(C)(C)C)c2)cc1. The molecule has 2 rings (SSSR count). The molecule has 0 bridgehead atoms. The zero-order valence-electron chi connectivity index (χ0n) is 19.5. The molecule has 0 saturated carbocycles. The minimum absolute atomic E-state index is 0.0412. The molecule has 33 heavy (non-hydrogen) atoms. The highest BCUT2D eigenvalue weighted by atomic mass is 32.2. The van der Waals surface area contributed by atoms with Gasteiger partial charge in [-0.05, 0) is 74.4 Å². The fourth-order valence-electron chi connectivity index (χ4n) is 3.20. The Morgan fingerprint density at radius 1 is 1.12 bits per heavy atom. The standard InChI is InChI=1S/C26H32FNO4S/c1-6-7-8-10-21-13-15-24(16-14-21)28(27)33(30,31)19-20(2)23-12-9-11-22(17-23)18-25(29)32-26(3,4)5/h6,9,11-17H,1-2,7-8,10,18-19H2,3-5H3. The Bertz CT molecular complexity index is 1090. The normalized spacial score (nSPS) is 11.6. The maximum absolute atomic E-state index is 14.8. The lowest BCUT2D eigenvalue weighted by atomic mass is 10.0. The lowest BCUT2D eigenvalue weighted by Gasteiger charge is -2.19. The number of aryl methyl sites for hydroxylation is 1. The topological polar surface area (TPSA) is 63.7 Å². The lowest BCUT2D eigenvalue weighted by molar-refractivity contribution is -0.153. The number of rotatable bonds is 11. The number of hydrogen-bond donors (Lipinski definition) is 0. The minimum atomic E-state index is -4.29. The van der Waals surface area contributed by atoms with E-state index < -0.39 is 21.4 Å². The van der Waals surface area contributed by atoms with Crippen LogP contribution < -0.4 is 4.53 Å². The van der Waals surface area contributed by atoms with Crippen molar-refractivity contribution >= 4 is 27.3 Å². The maximum Gasteiger partial charge on any atom is 0.310 e. The van der Waals surface area contributed by atoms with Crippen molar-refractivity contribution < 1.29 is 22.4 Å². The van der Waals surface area contributed by atoms with Crippen LogP contribution in [-0.4, -0.2) is 25.7 Å². The Morgan fingerprint density at radius 3 is 2.39 bits per heavy atom. The molecule has 178 valence electrons. The van der Waals surface area contributed by atoms with Gasteiger partial charge in [0.05, 0.1) is 17.9 Å². The van der Waals surface area contributed by atoms with Crippen molar-refractivity contribution in [3.63, 3.8) is 0 Å². The van der Waals surface area contributed by atoms with Gasteiger partial charge in [-0.15, -0.1) is 11.1 Å². The van der Waals surface area contributed by atoms with Crippen LogP contribution in [0.2, 0.25) is 0 Å². The third-order valence-electron chi connectivity index (χ3n) is 4.72. The highest BCUT2D eigenvalue weighted by molar-refractivity contribution is 7.93. The Hall–Kier alpha value is -2.93. The highest BCUT2D eigenvalue weighted by Crippen LogP contribution is 2.24. The average molecular weight is 474 g/mol. The zero-order valence-corrected chi connectivity index (χ0v) is 20.3. The molecular formula is C26H32FNO4S. The van der Waals surface area contributed by atoms with Crippen LogP contribution >= 0.6 is 0 Å². The second-order valence-electron chi connectivity index (χ2n) is 8.89. The van der Waals surface area contributed by atoms with E-state index in [4.69, 9.17) is 4.74 Å². The zero-order chi connectivity index (χ0) is 24.6. The summed E-state index contributed by atoms with van der Waals surface area (Å²) >= 11 is 0. The summed E-state index contributed by atoms with van der Waals surface area (Å²) in [6, 6.07) is 13.1. The van der Waals surface area contributed by atoms with Crippen molar-refractivity contribution in [1.29, 1.82) is 0 Å². The van der Waals surface area contributed by atoms with Gasteiger partial charge in [0, 0.05) is 0 Å². The number of ether oxygens (including phenoxy) is 1. The van der Waals surface area contributed by atoms with E-state index in [1.807, 2.05) is 6.08 Å². The molecular weight excluding hydrogens is 441 g/mol. The summed E-state index contributed by atoms with van der Waals surface area (Å²) in [6.45, 7) is 12.9. The number of esters is 1. The van der Waals surface area contributed by atoms with Gasteiger partial charge in [0.2, 0.25) is 0 Å². The van der Waals surface area contributed by atoms with Gasteiger partial charge in [-0.1, -0.05) is 53.5 Å². The molecule has 0 aliphatic rings. The maximum atomic E-state index is 14.8. The third kappa shape index (κ3) is 8.50. The van der Waals surface area contributed by atoms with E-state index in [9.17, 15) is 17.7 Å². The first-order chi connectivity index (χ1) is 15.4. The Kier molecular flexibility index (Phi) is 8.99. The van der Waals surface area contributed by atoms with Gasteiger partial charge < -0.3 is 4.74 Å². The number of nitrogens with zero attached hydrogens (tertiary/aromatic N) is 1. The summed E-state index contributed by atoms with van der Waals surface area (Å²) in [5.74, 6) is -0.985. The molecule has 0 aliphatic heterocycles. The van der Waals surface area contributed by atoms with E-state index in [1.165, 1.54) is 12.1 Å². The predicted molar refractivity (Wildman–Crippen MR) is 132 cm³/mol. The first-order valence-electron chi connectivity index (χ1n) is 10.8. The van der Waals surface area contributed by atoms with E-state index >= 15 is 0 Å². The molecule has 0 spiro atoms. The number of allylic oxidation sites excluding steroid dienone is 1. The van der Waals surface area contributed by atoms with Crippen LogP contribution in [0.3, 0.4) is 0 Å². The van der Waals surface area contributed by atoms with E-state index in [2.05, 4.69) is 13.2 Å². The number of halogens is 1. The average Bonchev–Trinajstić information content (AvgIpc) is 2.72. The van der Waals surface area contributed by atoms with Crippen LogP contribution in [0, 0.1) is 0 Å². The van der Waals surface area contributed by atoms with Crippen molar-refractivity contribution in [3.05, 3.63) is 84.5 Å².